The maximum absolute atomic E-state index is 12.5. The van der Waals surface area contributed by atoms with Gasteiger partial charge in [-0.25, -0.2) is 0 Å². The lowest BCUT2D eigenvalue weighted by Gasteiger charge is -2.27. The lowest BCUT2D eigenvalue weighted by Crippen LogP contribution is -2.49. The second-order valence-corrected chi connectivity index (χ2v) is 4.36. The van der Waals surface area contributed by atoms with E-state index in [1.54, 1.807) is 0 Å². The molecule has 0 spiro atoms. The van der Waals surface area contributed by atoms with Crippen LogP contribution in [0.4, 0.5) is 13.2 Å². The van der Waals surface area contributed by atoms with Gasteiger partial charge in [-0.1, -0.05) is 27.2 Å². The van der Waals surface area contributed by atoms with Crippen LogP contribution in [0, 0.1) is 11.8 Å². The molecule has 2 N–H and O–H groups in total. The Labute approximate surface area is 99.5 Å². The summed E-state index contributed by atoms with van der Waals surface area (Å²) >= 11 is 0. The second-order valence-electron chi connectivity index (χ2n) is 4.36. The van der Waals surface area contributed by atoms with Gasteiger partial charge in [-0.3, -0.25) is 4.79 Å². The summed E-state index contributed by atoms with van der Waals surface area (Å²) in [6.45, 7) is 5.09. The highest BCUT2D eigenvalue weighted by Gasteiger charge is 2.46. The molecule has 0 bridgehead atoms. The Bertz CT molecular complexity index is 241. The summed E-state index contributed by atoms with van der Waals surface area (Å²) in [7, 11) is 0. The van der Waals surface area contributed by atoms with Crippen molar-refractivity contribution in [2.24, 2.45) is 17.6 Å². The molecule has 3 nitrogen and oxygen atoms in total. The smallest absolute Gasteiger partial charge is 0.404 e. The molecule has 0 aliphatic carbocycles. The van der Waals surface area contributed by atoms with Crippen LogP contribution in [0.15, 0.2) is 0 Å². The predicted molar refractivity (Wildman–Crippen MR) is 58.2 cm³/mol. The molecule has 0 aliphatic rings. The summed E-state index contributed by atoms with van der Waals surface area (Å²) in [6, 6.07) is -2.17. The fourth-order valence-electron chi connectivity index (χ4n) is 1.45. The molecular weight excluding hydrogens is 235 g/mol. The SMILES string of the molecule is CCCCOC(=O)[C@H](C(C)C)[C@@H](N)C(F)(F)F. The van der Waals surface area contributed by atoms with Gasteiger partial charge in [0.15, 0.2) is 0 Å². The molecule has 0 rings (SSSR count). The first-order chi connectivity index (χ1) is 7.71. The van der Waals surface area contributed by atoms with Gasteiger partial charge in [0.25, 0.3) is 0 Å². The Balaban J connectivity index is 4.58. The van der Waals surface area contributed by atoms with Gasteiger partial charge in [0.05, 0.1) is 12.5 Å². The normalized spacial score (nSPS) is 15.8. The summed E-state index contributed by atoms with van der Waals surface area (Å²) < 4.78 is 42.2. The van der Waals surface area contributed by atoms with Gasteiger partial charge in [0.2, 0.25) is 0 Å². The Hall–Kier alpha value is -0.780. The topological polar surface area (TPSA) is 52.3 Å². The third kappa shape index (κ3) is 5.39. The third-order valence-electron chi connectivity index (χ3n) is 2.50. The first-order valence-electron chi connectivity index (χ1n) is 5.70. The number of halogens is 3. The van der Waals surface area contributed by atoms with E-state index in [1.807, 2.05) is 6.92 Å². The first kappa shape index (κ1) is 16.2. The largest absolute Gasteiger partial charge is 0.465 e. The fourth-order valence-corrected chi connectivity index (χ4v) is 1.45. The Kier molecular flexibility index (Phi) is 6.52. The summed E-state index contributed by atoms with van der Waals surface area (Å²) in [6.07, 6.45) is -3.14. The van der Waals surface area contributed by atoms with E-state index in [0.29, 0.717) is 6.42 Å². The van der Waals surface area contributed by atoms with E-state index in [-0.39, 0.29) is 6.61 Å². The van der Waals surface area contributed by atoms with E-state index >= 15 is 0 Å². The standard InChI is InChI=1S/C11H20F3NO2/c1-4-5-6-17-10(16)8(7(2)3)9(15)11(12,13)14/h7-9H,4-6,15H2,1-3H3/t8-,9-/m1/s1. The number of nitrogens with two attached hydrogens (primary N) is 1. The van der Waals surface area contributed by atoms with E-state index < -0.39 is 30.0 Å². The Morgan fingerprint density at radius 2 is 1.88 bits per heavy atom. The lowest BCUT2D eigenvalue weighted by atomic mass is 9.88. The van der Waals surface area contributed by atoms with Crippen LogP contribution in [-0.4, -0.2) is 24.8 Å². The summed E-state index contributed by atoms with van der Waals surface area (Å²) in [5.41, 5.74) is 5.08. The minimum Gasteiger partial charge on any atom is -0.465 e. The molecule has 0 aliphatic heterocycles. The van der Waals surface area contributed by atoms with E-state index in [9.17, 15) is 18.0 Å². The zero-order valence-electron chi connectivity index (χ0n) is 10.4. The zero-order valence-corrected chi connectivity index (χ0v) is 10.4. The Morgan fingerprint density at radius 3 is 2.24 bits per heavy atom. The van der Waals surface area contributed by atoms with Crippen molar-refractivity contribution >= 4 is 5.97 Å². The van der Waals surface area contributed by atoms with Crippen LogP contribution in [0.25, 0.3) is 0 Å². The van der Waals surface area contributed by atoms with E-state index in [0.717, 1.165) is 6.42 Å². The minimum absolute atomic E-state index is 0.142. The summed E-state index contributed by atoms with van der Waals surface area (Å²) in [5.74, 6) is -2.72. The van der Waals surface area contributed by atoms with Crippen LogP contribution in [0.5, 0.6) is 0 Å². The van der Waals surface area contributed by atoms with Gasteiger partial charge in [0, 0.05) is 0 Å². The molecule has 0 saturated heterocycles. The van der Waals surface area contributed by atoms with Crippen molar-refractivity contribution in [2.45, 2.75) is 45.8 Å². The number of carbonyl (C=O) groups is 1. The number of ether oxygens (including phenoxy) is 1. The molecule has 102 valence electrons. The van der Waals surface area contributed by atoms with Gasteiger partial charge in [-0.15, -0.1) is 0 Å². The predicted octanol–water partition coefficient (Wildman–Crippen LogP) is 2.49. The van der Waals surface area contributed by atoms with Crippen molar-refractivity contribution in [3.63, 3.8) is 0 Å². The quantitative estimate of drug-likeness (QED) is 0.586. The molecule has 0 amide bonds. The zero-order chi connectivity index (χ0) is 13.6. The molecule has 0 heterocycles. The lowest BCUT2D eigenvalue weighted by molar-refractivity contribution is -0.179. The molecular formula is C11H20F3NO2. The van der Waals surface area contributed by atoms with Crippen LogP contribution in [0.3, 0.4) is 0 Å². The molecule has 0 radical (unpaired) electrons. The van der Waals surface area contributed by atoms with Crippen molar-refractivity contribution in [3.8, 4) is 0 Å². The molecule has 0 fully saturated rings. The van der Waals surface area contributed by atoms with Crippen molar-refractivity contribution in [1.29, 1.82) is 0 Å². The van der Waals surface area contributed by atoms with Gasteiger partial charge in [-0.2, -0.15) is 13.2 Å². The maximum atomic E-state index is 12.5. The fraction of sp³-hybridized carbons (Fsp3) is 0.909. The monoisotopic (exact) mass is 255 g/mol. The van der Waals surface area contributed by atoms with E-state index in [4.69, 9.17) is 10.5 Å². The molecule has 6 heteroatoms. The van der Waals surface area contributed by atoms with Crippen LogP contribution in [0.2, 0.25) is 0 Å². The van der Waals surface area contributed by atoms with Gasteiger partial charge in [0.1, 0.15) is 6.04 Å². The highest BCUT2D eigenvalue weighted by Crippen LogP contribution is 2.29. The number of alkyl halides is 3. The molecule has 17 heavy (non-hydrogen) atoms. The number of carbonyl (C=O) groups excluding carboxylic acids is 1. The van der Waals surface area contributed by atoms with Crippen molar-refractivity contribution < 1.29 is 22.7 Å². The molecule has 0 saturated carbocycles. The van der Waals surface area contributed by atoms with Gasteiger partial charge >= 0.3 is 12.1 Å². The highest BCUT2D eigenvalue weighted by atomic mass is 19.4. The molecule has 0 aromatic heterocycles. The van der Waals surface area contributed by atoms with Crippen LogP contribution in [-0.2, 0) is 9.53 Å². The van der Waals surface area contributed by atoms with Crippen molar-refractivity contribution in [1.82, 2.24) is 0 Å². The molecule has 2 atom stereocenters. The summed E-state index contributed by atoms with van der Waals surface area (Å²) in [5, 5.41) is 0. The van der Waals surface area contributed by atoms with Crippen LogP contribution in [0.1, 0.15) is 33.6 Å². The third-order valence-corrected chi connectivity index (χ3v) is 2.50. The molecule has 0 aromatic rings. The first-order valence-corrected chi connectivity index (χ1v) is 5.70. The minimum atomic E-state index is -4.58. The van der Waals surface area contributed by atoms with Crippen molar-refractivity contribution in [2.75, 3.05) is 6.61 Å². The van der Waals surface area contributed by atoms with E-state index in [1.165, 1.54) is 13.8 Å². The number of rotatable bonds is 6. The highest BCUT2D eigenvalue weighted by molar-refractivity contribution is 5.73. The maximum Gasteiger partial charge on any atom is 0.404 e. The average Bonchev–Trinajstić information content (AvgIpc) is 2.16. The summed E-state index contributed by atoms with van der Waals surface area (Å²) in [4.78, 5) is 11.5. The number of esters is 1. The van der Waals surface area contributed by atoms with Crippen LogP contribution >= 0.6 is 0 Å². The van der Waals surface area contributed by atoms with E-state index in [2.05, 4.69) is 0 Å². The Morgan fingerprint density at radius 1 is 1.35 bits per heavy atom. The average molecular weight is 255 g/mol. The number of unbranched alkanes of at least 4 members (excludes halogenated alkanes) is 1. The van der Waals surface area contributed by atoms with Gasteiger partial charge < -0.3 is 10.5 Å². The van der Waals surface area contributed by atoms with Crippen LogP contribution < -0.4 is 5.73 Å². The molecule has 0 aromatic carbocycles. The van der Waals surface area contributed by atoms with Gasteiger partial charge in [-0.05, 0) is 12.3 Å². The molecule has 0 unspecified atom stereocenters. The number of hydrogen-bond donors (Lipinski definition) is 1. The number of hydrogen-bond acceptors (Lipinski definition) is 3. The van der Waals surface area contributed by atoms with Crippen molar-refractivity contribution in [3.05, 3.63) is 0 Å². The second kappa shape index (κ2) is 6.83.